The highest BCUT2D eigenvalue weighted by Crippen LogP contribution is 2.24. The van der Waals surface area contributed by atoms with Crippen molar-refractivity contribution >= 4 is 5.91 Å². The smallest absolute Gasteiger partial charge is 0.223 e. The first-order valence-corrected chi connectivity index (χ1v) is 5.70. The minimum absolute atomic E-state index is 0.305. The molecule has 0 aromatic heterocycles. The van der Waals surface area contributed by atoms with Crippen molar-refractivity contribution in [3.63, 3.8) is 0 Å². The van der Waals surface area contributed by atoms with Gasteiger partial charge in [-0.1, -0.05) is 25.8 Å². The molecule has 1 aliphatic rings. The number of hydrogen-bond donors (Lipinski definition) is 0. The lowest BCUT2D eigenvalue weighted by Crippen LogP contribution is -2.38. The summed E-state index contributed by atoms with van der Waals surface area (Å²) >= 11 is 0. The van der Waals surface area contributed by atoms with Crippen molar-refractivity contribution in [2.24, 2.45) is 0 Å². The molecule has 1 saturated carbocycles. The zero-order valence-corrected chi connectivity index (χ0v) is 9.17. The molecule has 0 radical (unpaired) electrons. The Morgan fingerprint density at radius 3 is 2.64 bits per heavy atom. The molecule has 1 aliphatic carbocycles. The van der Waals surface area contributed by atoms with Gasteiger partial charge in [-0.2, -0.15) is 0 Å². The van der Waals surface area contributed by atoms with Crippen LogP contribution in [0.2, 0.25) is 0 Å². The van der Waals surface area contributed by atoms with Gasteiger partial charge in [0, 0.05) is 19.0 Å². The Morgan fingerprint density at radius 1 is 1.50 bits per heavy atom. The first-order chi connectivity index (χ1) is 6.79. The second kappa shape index (κ2) is 5.84. The summed E-state index contributed by atoms with van der Waals surface area (Å²) < 4.78 is 0. The van der Waals surface area contributed by atoms with E-state index in [-0.39, 0.29) is 0 Å². The van der Waals surface area contributed by atoms with E-state index in [9.17, 15) is 4.79 Å². The molecule has 0 bridgehead atoms. The van der Waals surface area contributed by atoms with Crippen LogP contribution >= 0.6 is 0 Å². The Labute approximate surface area is 87.0 Å². The lowest BCUT2D eigenvalue weighted by atomic mass is 10.2. The van der Waals surface area contributed by atoms with Gasteiger partial charge in [0.1, 0.15) is 0 Å². The van der Waals surface area contributed by atoms with E-state index in [0.717, 1.165) is 13.0 Å². The first-order valence-electron chi connectivity index (χ1n) is 5.70. The summed E-state index contributed by atoms with van der Waals surface area (Å²) in [7, 11) is 0. The van der Waals surface area contributed by atoms with Gasteiger partial charge in [-0.25, -0.2) is 0 Å². The number of carbonyl (C=O) groups excluding carboxylic acids is 1. The van der Waals surface area contributed by atoms with E-state index in [4.69, 9.17) is 0 Å². The number of amides is 1. The van der Waals surface area contributed by atoms with Gasteiger partial charge in [-0.15, -0.1) is 6.58 Å². The van der Waals surface area contributed by atoms with Crippen molar-refractivity contribution < 1.29 is 4.79 Å². The average molecular weight is 195 g/mol. The van der Waals surface area contributed by atoms with Crippen LogP contribution in [0, 0.1) is 0 Å². The third-order valence-electron chi connectivity index (χ3n) is 2.88. The molecule has 0 atom stereocenters. The maximum atomic E-state index is 11.8. The summed E-state index contributed by atoms with van der Waals surface area (Å²) in [5, 5.41) is 0. The summed E-state index contributed by atoms with van der Waals surface area (Å²) in [5.74, 6) is 0.305. The molecule has 1 fully saturated rings. The van der Waals surface area contributed by atoms with Gasteiger partial charge in [0.15, 0.2) is 0 Å². The van der Waals surface area contributed by atoms with E-state index in [0.29, 0.717) is 18.4 Å². The topological polar surface area (TPSA) is 20.3 Å². The molecule has 0 N–H and O–H groups in total. The third-order valence-corrected chi connectivity index (χ3v) is 2.88. The van der Waals surface area contributed by atoms with E-state index in [1.807, 2.05) is 11.0 Å². The molecule has 2 nitrogen and oxygen atoms in total. The second-order valence-corrected chi connectivity index (χ2v) is 4.02. The molecule has 2 heteroatoms. The van der Waals surface area contributed by atoms with Crippen LogP contribution in [0.4, 0.5) is 0 Å². The van der Waals surface area contributed by atoms with E-state index in [1.165, 1.54) is 25.7 Å². The first kappa shape index (κ1) is 11.3. The fourth-order valence-corrected chi connectivity index (χ4v) is 2.17. The molecule has 0 heterocycles. The number of rotatable bonds is 5. The number of carbonyl (C=O) groups is 1. The molecule has 0 aliphatic heterocycles. The highest BCUT2D eigenvalue weighted by molar-refractivity contribution is 5.76. The summed E-state index contributed by atoms with van der Waals surface area (Å²) in [6.07, 6.45) is 8.39. The van der Waals surface area contributed by atoms with Crippen LogP contribution in [0.25, 0.3) is 0 Å². The van der Waals surface area contributed by atoms with Gasteiger partial charge in [0.2, 0.25) is 5.91 Å². The van der Waals surface area contributed by atoms with Crippen LogP contribution in [0.5, 0.6) is 0 Å². The zero-order valence-electron chi connectivity index (χ0n) is 9.17. The van der Waals surface area contributed by atoms with Crippen molar-refractivity contribution in [1.82, 2.24) is 4.90 Å². The minimum Gasteiger partial charge on any atom is -0.336 e. The van der Waals surface area contributed by atoms with Crippen molar-refractivity contribution in [3.8, 4) is 0 Å². The fraction of sp³-hybridized carbons (Fsp3) is 0.750. The molecule has 0 aromatic rings. The molecule has 0 spiro atoms. The van der Waals surface area contributed by atoms with Gasteiger partial charge in [0.05, 0.1) is 0 Å². The van der Waals surface area contributed by atoms with Crippen molar-refractivity contribution in [3.05, 3.63) is 12.7 Å². The number of hydrogen-bond acceptors (Lipinski definition) is 1. The van der Waals surface area contributed by atoms with Crippen molar-refractivity contribution in [1.29, 1.82) is 0 Å². The van der Waals surface area contributed by atoms with Crippen LogP contribution in [0.3, 0.4) is 0 Å². The summed E-state index contributed by atoms with van der Waals surface area (Å²) in [6.45, 7) is 6.50. The maximum absolute atomic E-state index is 11.8. The summed E-state index contributed by atoms with van der Waals surface area (Å²) in [5.41, 5.74) is 0. The van der Waals surface area contributed by atoms with Gasteiger partial charge in [-0.05, 0) is 19.3 Å². The maximum Gasteiger partial charge on any atom is 0.223 e. The second-order valence-electron chi connectivity index (χ2n) is 4.02. The predicted octanol–water partition coefficient (Wildman–Crippen LogP) is 2.74. The van der Waals surface area contributed by atoms with E-state index < -0.39 is 0 Å². The highest BCUT2D eigenvalue weighted by Gasteiger charge is 2.24. The predicted molar refractivity (Wildman–Crippen MR) is 59.1 cm³/mol. The van der Waals surface area contributed by atoms with Crippen LogP contribution in [0.15, 0.2) is 12.7 Å². The Morgan fingerprint density at radius 2 is 2.14 bits per heavy atom. The largest absolute Gasteiger partial charge is 0.336 e. The standard InChI is InChI=1S/C12H21NO/c1-3-7-12(14)13(10-4-2)11-8-5-6-9-11/h4,11H,2-3,5-10H2,1H3. The van der Waals surface area contributed by atoms with Crippen LogP contribution in [0.1, 0.15) is 45.4 Å². The van der Waals surface area contributed by atoms with Crippen LogP contribution < -0.4 is 0 Å². The zero-order chi connectivity index (χ0) is 10.4. The average Bonchev–Trinajstić information content (AvgIpc) is 2.67. The van der Waals surface area contributed by atoms with E-state index in [2.05, 4.69) is 13.5 Å². The van der Waals surface area contributed by atoms with E-state index in [1.54, 1.807) is 0 Å². The Bertz CT molecular complexity index is 194. The van der Waals surface area contributed by atoms with Crippen molar-refractivity contribution in [2.45, 2.75) is 51.5 Å². The summed E-state index contributed by atoms with van der Waals surface area (Å²) in [6, 6.07) is 0.493. The van der Waals surface area contributed by atoms with Gasteiger partial charge >= 0.3 is 0 Å². The van der Waals surface area contributed by atoms with Crippen molar-refractivity contribution in [2.75, 3.05) is 6.54 Å². The number of nitrogens with zero attached hydrogens (tertiary/aromatic N) is 1. The molecule has 1 rings (SSSR count). The minimum atomic E-state index is 0.305. The normalized spacial score (nSPS) is 16.9. The van der Waals surface area contributed by atoms with Gasteiger partial charge in [-0.3, -0.25) is 4.79 Å². The van der Waals surface area contributed by atoms with Gasteiger partial charge < -0.3 is 4.90 Å². The molecule has 14 heavy (non-hydrogen) atoms. The molecule has 0 saturated heterocycles. The molecule has 0 unspecified atom stereocenters. The van der Waals surface area contributed by atoms with Crippen LogP contribution in [-0.2, 0) is 4.79 Å². The monoisotopic (exact) mass is 195 g/mol. The fourth-order valence-electron chi connectivity index (χ4n) is 2.17. The third kappa shape index (κ3) is 2.86. The quantitative estimate of drug-likeness (QED) is 0.618. The van der Waals surface area contributed by atoms with E-state index >= 15 is 0 Å². The molecular formula is C12H21NO. The molecular weight excluding hydrogens is 174 g/mol. The Kier molecular flexibility index (Phi) is 4.71. The Hall–Kier alpha value is -0.790. The lowest BCUT2D eigenvalue weighted by molar-refractivity contribution is -0.132. The SMILES string of the molecule is C=CCN(C(=O)CCC)C1CCCC1. The highest BCUT2D eigenvalue weighted by atomic mass is 16.2. The van der Waals surface area contributed by atoms with Gasteiger partial charge in [0.25, 0.3) is 0 Å². The molecule has 1 amide bonds. The summed E-state index contributed by atoms with van der Waals surface area (Å²) in [4.78, 5) is 13.8. The lowest BCUT2D eigenvalue weighted by Gasteiger charge is -2.27. The van der Waals surface area contributed by atoms with Crippen LogP contribution in [-0.4, -0.2) is 23.4 Å². The molecule has 0 aromatic carbocycles. The molecule has 80 valence electrons. The Balaban J connectivity index is 2.52.